The minimum atomic E-state index is -0.467. The number of hydrogen-bond acceptors (Lipinski definition) is 1. The Hall–Kier alpha value is -1.94. The second-order valence-electron chi connectivity index (χ2n) is 4.45. The molecule has 2 aromatic rings. The molecule has 0 aliphatic carbocycles. The minimum Gasteiger partial charge on any atom is -0.508 e. The summed E-state index contributed by atoms with van der Waals surface area (Å²) < 4.78 is 0. The first-order valence-electron chi connectivity index (χ1n) is 5.25. The molecule has 1 N–H and O–H groups in total. The highest BCUT2D eigenvalue weighted by molar-refractivity contribution is 5.89. The first kappa shape index (κ1) is 10.6. The third-order valence-corrected chi connectivity index (χ3v) is 2.89. The molecule has 0 saturated carbocycles. The molecular formula is C15H14O. The number of aromatic hydroxyl groups is 1. The van der Waals surface area contributed by atoms with Gasteiger partial charge in [-0.05, 0) is 30.7 Å². The maximum atomic E-state index is 9.98. The zero-order chi connectivity index (χ0) is 11.8. The molecule has 0 radical (unpaired) electrons. The Morgan fingerprint density at radius 3 is 2.50 bits per heavy atom. The molecule has 1 nitrogen and oxygen atoms in total. The van der Waals surface area contributed by atoms with Crippen LogP contribution in [0, 0.1) is 12.3 Å². The summed E-state index contributed by atoms with van der Waals surface area (Å²) in [6.45, 7) is 3.88. The van der Waals surface area contributed by atoms with Gasteiger partial charge in [0.05, 0.1) is 5.41 Å². The van der Waals surface area contributed by atoms with E-state index in [-0.39, 0.29) is 5.75 Å². The summed E-state index contributed by atoms with van der Waals surface area (Å²) in [7, 11) is 0. The molecule has 0 fully saturated rings. The lowest BCUT2D eigenvalue weighted by Crippen LogP contribution is -2.14. The molecule has 0 heterocycles. The summed E-state index contributed by atoms with van der Waals surface area (Å²) in [6.07, 6.45) is 5.54. The normalized spacial score (nSPS) is 11.3. The third-order valence-electron chi connectivity index (χ3n) is 2.89. The average molecular weight is 210 g/mol. The maximum absolute atomic E-state index is 9.98. The van der Waals surface area contributed by atoms with Crippen molar-refractivity contribution in [1.29, 1.82) is 0 Å². The van der Waals surface area contributed by atoms with Crippen molar-refractivity contribution in [2.75, 3.05) is 0 Å². The van der Waals surface area contributed by atoms with E-state index >= 15 is 0 Å². The molecule has 2 rings (SSSR count). The number of rotatable bonds is 1. The van der Waals surface area contributed by atoms with Crippen molar-refractivity contribution in [2.24, 2.45) is 0 Å². The summed E-state index contributed by atoms with van der Waals surface area (Å²) >= 11 is 0. The number of terminal acetylenes is 1. The van der Waals surface area contributed by atoms with E-state index in [1.807, 2.05) is 44.2 Å². The third kappa shape index (κ3) is 1.53. The number of benzene rings is 2. The topological polar surface area (TPSA) is 20.2 Å². The SMILES string of the molecule is C#CC(C)(C)c1c(O)ccc2ccccc12. The fourth-order valence-electron chi connectivity index (χ4n) is 1.99. The summed E-state index contributed by atoms with van der Waals surface area (Å²) in [4.78, 5) is 0. The number of phenolic OH excluding ortho intramolecular Hbond substituents is 1. The van der Waals surface area contributed by atoms with E-state index in [2.05, 4.69) is 5.92 Å². The minimum absolute atomic E-state index is 0.265. The van der Waals surface area contributed by atoms with Gasteiger partial charge >= 0.3 is 0 Å². The van der Waals surface area contributed by atoms with Gasteiger partial charge in [0.1, 0.15) is 5.75 Å². The van der Waals surface area contributed by atoms with E-state index in [0.29, 0.717) is 0 Å². The Bertz CT molecular complexity index is 573. The Kier molecular flexibility index (Phi) is 2.36. The van der Waals surface area contributed by atoms with Gasteiger partial charge in [-0.1, -0.05) is 36.3 Å². The fraction of sp³-hybridized carbons (Fsp3) is 0.200. The van der Waals surface area contributed by atoms with Crippen LogP contribution in [0.15, 0.2) is 36.4 Å². The van der Waals surface area contributed by atoms with Gasteiger partial charge in [-0.25, -0.2) is 0 Å². The highest BCUT2D eigenvalue weighted by Crippen LogP contribution is 2.36. The Labute approximate surface area is 95.7 Å². The summed E-state index contributed by atoms with van der Waals surface area (Å²) in [5, 5.41) is 12.1. The second kappa shape index (κ2) is 3.57. The molecule has 0 saturated heterocycles. The molecule has 0 aromatic heterocycles. The standard InChI is InChI=1S/C15H14O/c1-4-15(2,3)14-12-8-6-5-7-11(12)9-10-13(14)16/h1,5-10,16H,2-3H3. The van der Waals surface area contributed by atoms with Crippen LogP contribution in [0.5, 0.6) is 5.75 Å². The molecule has 16 heavy (non-hydrogen) atoms. The molecule has 80 valence electrons. The van der Waals surface area contributed by atoms with Crippen LogP contribution >= 0.6 is 0 Å². The van der Waals surface area contributed by atoms with E-state index in [0.717, 1.165) is 16.3 Å². The van der Waals surface area contributed by atoms with Crippen LogP contribution < -0.4 is 0 Å². The summed E-state index contributed by atoms with van der Waals surface area (Å²) in [6, 6.07) is 11.6. The molecule has 0 unspecified atom stereocenters. The lowest BCUT2D eigenvalue weighted by Gasteiger charge is -2.21. The van der Waals surface area contributed by atoms with Crippen molar-refractivity contribution in [2.45, 2.75) is 19.3 Å². The van der Waals surface area contributed by atoms with Gasteiger partial charge in [-0.2, -0.15) is 0 Å². The van der Waals surface area contributed by atoms with Crippen molar-refractivity contribution in [3.05, 3.63) is 42.0 Å². The van der Waals surface area contributed by atoms with Gasteiger partial charge in [0, 0.05) is 5.56 Å². The lowest BCUT2D eigenvalue weighted by atomic mass is 9.82. The predicted molar refractivity (Wildman–Crippen MR) is 67.5 cm³/mol. The first-order chi connectivity index (χ1) is 7.56. The summed E-state index contributed by atoms with van der Waals surface area (Å²) in [5.41, 5.74) is 0.360. The highest BCUT2D eigenvalue weighted by atomic mass is 16.3. The first-order valence-corrected chi connectivity index (χ1v) is 5.25. The fourth-order valence-corrected chi connectivity index (χ4v) is 1.99. The van der Waals surface area contributed by atoms with Crippen LogP contribution in [-0.2, 0) is 5.41 Å². The number of fused-ring (bicyclic) bond motifs is 1. The van der Waals surface area contributed by atoms with Crippen molar-refractivity contribution in [1.82, 2.24) is 0 Å². The van der Waals surface area contributed by atoms with Crippen molar-refractivity contribution >= 4 is 10.8 Å². The smallest absolute Gasteiger partial charge is 0.120 e. The van der Waals surface area contributed by atoms with E-state index in [4.69, 9.17) is 6.42 Å². The van der Waals surface area contributed by atoms with Crippen molar-refractivity contribution in [3.8, 4) is 18.1 Å². The molecule has 0 atom stereocenters. The van der Waals surface area contributed by atoms with Crippen LogP contribution in [0.2, 0.25) is 0 Å². The zero-order valence-electron chi connectivity index (χ0n) is 9.49. The second-order valence-corrected chi connectivity index (χ2v) is 4.45. The van der Waals surface area contributed by atoms with Gasteiger partial charge < -0.3 is 5.11 Å². The molecule has 0 aliphatic rings. The lowest BCUT2D eigenvalue weighted by molar-refractivity contribution is 0.459. The molecular weight excluding hydrogens is 196 g/mol. The van der Waals surface area contributed by atoms with E-state index in [9.17, 15) is 5.11 Å². The Balaban J connectivity index is 2.87. The predicted octanol–water partition coefficient (Wildman–Crippen LogP) is 3.46. The largest absolute Gasteiger partial charge is 0.508 e. The Morgan fingerprint density at radius 1 is 1.12 bits per heavy atom. The molecule has 0 amide bonds. The Morgan fingerprint density at radius 2 is 1.81 bits per heavy atom. The molecule has 0 bridgehead atoms. The van der Waals surface area contributed by atoms with Gasteiger partial charge in [0.15, 0.2) is 0 Å². The zero-order valence-corrected chi connectivity index (χ0v) is 9.49. The van der Waals surface area contributed by atoms with Gasteiger partial charge in [0.2, 0.25) is 0 Å². The van der Waals surface area contributed by atoms with Crippen LogP contribution in [0.1, 0.15) is 19.4 Å². The van der Waals surface area contributed by atoms with Crippen LogP contribution in [-0.4, -0.2) is 5.11 Å². The van der Waals surface area contributed by atoms with Gasteiger partial charge in [-0.3, -0.25) is 0 Å². The van der Waals surface area contributed by atoms with E-state index in [1.165, 1.54) is 0 Å². The van der Waals surface area contributed by atoms with Crippen molar-refractivity contribution in [3.63, 3.8) is 0 Å². The van der Waals surface area contributed by atoms with E-state index in [1.54, 1.807) is 6.07 Å². The molecule has 1 heteroatoms. The maximum Gasteiger partial charge on any atom is 0.120 e. The summed E-state index contributed by atoms with van der Waals surface area (Å²) in [5.74, 6) is 3.00. The van der Waals surface area contributed by atoms with Crippen LogP contribution in [0.3, 0.4) is 0 Å². The number of hydrogen-bond donors (Lipinski definition) is 1. The van der Waals surface area contributed by atoms with Gasteiger partial charge in [-0.15, -0.1) is 6.42 Å². The average Bonchev–Trinajstić information content (AvgIpc) is 2.28. The molecule has 0 aliphatic heterocycles. The van der Waals surface area contributed by atoms with Crippen LogP contribution in [0.4, 0.5) is 0 Å². The van der Waals surface area contributed by atoms with Gasteiger partial charge in [0.25, 0.3) is 0 Å². The van der Waals surface area contributed by atoms with E-state index < -0.39 is 5.41 Å². The highest BCUT2D eigenvalue weighted by Gasteiger charge is 2.23. The molecule has 2 aromatic carbocycles. The molecule has 0 spiro atoms. The van der Waals surface area contributed by atoms with Crippen LogP contribution in [0.25, 0.3) is 10.8 Å². The monoisotopic (exact) mass is 210 g/mol. The number of phenols is 1. The van der Waals surface area contributed by atoms with Crippen molar-refractivity contribution < 1.29 is 5.11 Å². The quantitative estimate of drug-likeness (QED) is 0.715.